The molecule has 6 nitrogen and oxygen atoms in total. The Morgan fingerprint density at radius 1 is 1.42 bits per heavy atom. The summed E-state index contributed by atoms with van der Waals surface area (Å²) < 4.78 is 35.2. The lowest BCUT2D eigenvalue weighted by Gasteiger charge is -2.14. The zero-order valence-corrected chi connectivity index (χ0v) is 12.7. The fraction of sp³-hybridized carbons (Fsp3) is 0.667. The Bertz CT molecular complexity index is 482. The number of rotatable bonds is 8. The zero-order chi connectivity index (χ0) is 14.5. The van der Waals surface area contributed by atoms with Crippen LogP contribution in [0, 0.1) is 0 Å². The Balaban J connectivity index is 2.66. The molecule has 0 amide bonds. The van der Waals surface area contributed by atoms with E-state index < -0.39 is 10.0 Å². The maximum atomic E-state index is 11.8. The summed E-state index contributed by atoms with van der Waals surface area (Å²) in [5, 5.41) is 3.22. The molecule has 1 aromatic heterocycles. The third-order valence-electron chi connectivity index (χ3n) is 2.80. The van der Waals surface area contributed by atoms with E-state index in [9.17, 15) is 8.42 Å². The molecule has 1 unspecified atom stereocenters. The highest BCUT2D eigenvalue weighted by Gasteiger charge is 2.21. The van der Waals surface area contributed by atoms with Gasteiger partial charge < -0.3 is 14.5 Å². The van der Waals surface area contributed by atoms with Crippen LogP contribution >= 0.6 is 0 Å². The molecule has 1 heterocycles. The summed E-state index contributed by atoms with van der Waals surface area (Å²) in [6, 6.07) is 3.37. The van der Waals surface area contributed by atoms with E-state index in [0.717, 1.165) is 10.7 Å². The molecule has 0 fully saturated rings. The highest BCUT2D eigenvalue weighted by atomic mass is 32.2. The van der Waals surface area contributed by atoms with Crippen molar-refractivity contribution in [3.63, 3.8) is 0 Å². The summed E-state index contributed by atoms with van der Waals surface area (Å²) in [6.45, 7) is 3.14. The lowest BCUT2D eigenvalue weighted by atomic mass is 10.2. The van der Waals surface area contributed by atoms with Crippen LogP contribution in [0.15, 0.2) is 21.6 Å². The van der Waals surface area contributed by atoms with Gasteiger partial charge in [-0.3, -0.25) is 0 Å². The predicted molar refractivity (Wildman–Crippen MR) is 72.4 cm³/mol. The number of nitrogens with zero attached hydrogens (tertiary/aromatic N) is 1. The van der Waals surface area contributed by atoms with Crippen LogP contribution in [0.25, 0.3) is 0 Å². The number of methoxy groups -OCH3 is 1. The number of ether oxygens (including phenoxy) is 1. The monoisotopic (exact) mass is 290 g/mol. The molecule has 0 spiro atoms. The average Bonchev–Trinajstić information content (AvgIpc) is 2.83. The van der Waals surface area contributed by atoms with Gasteiger partial charge in [0, 0.05) is 27.2 Å². The Morgan fingerprint density at radius 2 is 2.11 bits per heavy atom. The smallest absolute Gasteiger partial charge is 0.275 e. The molecule has 110 valence electrons. The van der Waals surface area contributed by atoms with Crippen molar-refractivity contribution < 1.29 is 17.6 Å². The highest BCUT2D eigenvalue weighted by molar-refractivity contribution is 7.88. The van der Waals surface area contributed by atoms with Gasteiger partial charge in [0.05, 0.1) is 13.2 Å². The van der Waals surface area contributed by atoms with E-state index in [1.807, 2.05) is 0 Å². The van der Waals surface area contributed by atoms with Crippen molar-refractivity contribution in [2.24, 2.45) is 0 Å². The molecule has 0 radical (unpaired) electrons. The van der Waals surface area contributed by atoms with Gasteiger partial charge in [0.25, 0.3) is 10.0 Å². The lowest BCUT2D eigenvalue weighted by Crippen LogP contribution is -2.31. The van der Waals surface area contributed by atoms with E-state index in [0.29, 0.717) is 18.9 Å². The second kappa shape index (κ2) is 7.04. The first kappa shape index (κ1) is 16.2. The van der Waals surface area contributed by atoms with Crippen LogP contribution < -0.4 is 5.32 Å². The van der Waals surface area contributed by atoms with Gasteiger partial charge in [-0.15, -0.1) is 0 Å². The summed E-state index contributed by atoms with van der Waals surface area (Å²) >= 11 is 0. The van der Waals surface area contributed by atoms with Gasteiger partial charge in [-0.05, 0) is 18.6 Å². The molecule has 0 saturated carbocycles. The maximum Gasteiger partial charge on any atom is 0.275 e. The first-order chi connectivity index (χ1) is 8.91. The molecule has 1 rings (SSSR count). The molecule has 1 atom stereocenters. The van der Waals surface area contributed by atoms with Gasteiger partial charge in [0.1, 0.15) is 5.76 Å². The maximum absolute atomic E-state index is 11.8. The highest BCUT2D eigenvalue weighted by Crippen LogP contribution is 2.16. The molecule has 0 saturated heterocycles. The van der Waals surface area contributed by atoms with E-state index in [-0.39, 0.29) is 11.1 Å². The summed E-state index contributed by atoms with van der Waals surface area (Å²) in [7, 11) is 1.10. The van der Waals surface area contributed by atoms with Crippen LogP contribution in [0.2, 0.25) is 0 Å². The van der Waals surface area contributed by atoms with Crippen LogP contribution in [0.4, 0.5) is 0 Å². The summed E-state index contributed by atoms with van der Waals surface area (Å²) in [6.07, 6.45) is 0.928. The Hall–Kier alpha value is -0.890. The van der Waals surface area contributed by atoms with Gasteiger partial charge in [-0.2, -0.15) is 0 Å². The van der Waals surface area contributed by atoms with Crippen molar-refractivity contribution in [3.8, 4) is 0 Å². The van der Waals surface area contributed by atoms with Crippen molar-refractivity contribution >= 4 is 10.0 Å². The van der Waals surface area contributed by atoms with Gasteiger partial charge in [0.2, 0.25) is 5.09 Å². The SMILES string of the molecule is CCC(COC)NCc1ccc(S(=O)(=O)N(C)C)o1. The zero-order valence-electron chi connectivity index (χ0n) is 11.8. The minimum atomic E-state index is -3.50. The summed E-state index contributed by atoms with van der Waals surface area (Å²) in [5.41, 5.74) is 0. The van der Waals surface area contributed by atoms with Crippen LogP contribution in [-0.4, -0.2) is 46.6 Å². The van der Waals surface area contributed by atoms with E-state index in [4.69, 9.17) is 9.15 Å². The van der Waals surface area contributed by atoms with Gasteiger partial charge in [0.15, 0.2) is 0 Å². The molecule has 19 heavy (non-hydrogen) atoms. The van der Waals surface area contributed by atoms with E-state index in [2.05, 4.69) is 12.2 Å². The molecule has 0 bridgehead atoms. The van der Waals surface area contributed by atoms with E-state index >= 15 is 0 Å². The average molecular weight is 290 g/mol. The Labute approximate surface area is 114 Å². The Morgan fingerprint density at radius 3 is 2.63 bits per heavy atom. The fourth-order valence-corrected chi connectivity index (χ4v) is 2.35. The number of hydrogen-bond donors (Lipinski definition) is 1. The number of furan rings is 1. The van der Waals surface area contributed by atoms with Crippen LogP contribution in [-0.2, 0) is 21.3 Å². The molecular formula is C12H22N2O4S. The van der Waals surface area contributed by atoms with Crippen LogP contribution in [0.1, 0.15) is 19.1 Å². The molecule has 1 aromatic rings. The van der Waals surface area contributed by atoms with E-state index in [1.54, 1.807) is 13.2 Å². The molecule has 0 aliphatic rings. The predicted octanol–water partition coefficient (Wildman–Crippen LogP) is 1.04. The quantitative estimate of drug-likeness (QED) is 0.774. The second-order valence-corrected chi connectivity index (χ2v) is 6.53. The van der Waals surface area contributed by atoms with Gasteiger partial charge in [-0.25, -0.2) is 12.7 Å². The molecular weight excluding hydrogens is 268 g/mol. The largest absolute Gasteiger partial charge is 0.447 e. The summed E-state index contributed by atoms with van der Waals surface area (Å²) in [4.78, 5) is 0. The molecule has 7 heteroatoms. The molecule has 0 aliphatic heterocycles. The molecule has 0 aromatic carbocycles. The summed E-state index contributed by atoms with van der Waals surface area (Å²) in [5.74, 6) is 0.593. The second-order valence-electron chi connectivity index (χ2n) is 4.45. The van der Waals surface area contributed by atoms with Crippen molar-refractivity contribution in [2.75, 3.05) is 27.8 Å². The minimum Gasteiger partial charge on any atom is -0.447 e. The molecule has 1 N–H and O–H groups in total. The third kappa shape index (κ3) is 4.31. The third-order valence-corrected chi connectivity index (χ3v) is 4.49. The first-order valence-corrected chi connectivity index (χ1v) is 7.59. The first-order valence-electron chi connectivity index (χ1n) is 6.15. The van der Waals surface area contributed by atoms with Gasteiger partial charge in [-0.1, -0.05) is 6.92 Å². The van der Waals surface area contributed by atoms with Crippen LogP contribution in [0.3, 0.4) is 0 Å². The van der Waals surface area contributed by atoms with Crippen molar-refractivity contribution in [1.29, 1.82) is 0 Å². The topological polar surface area (TPSA) is 71.8 Å². The minimum absolute atomic E-state index is 0.0333. The van der Waals surface area contributed by atoms with Gasteiger partial charge >= 0.3 is 0 Å². The van der Waals surface area contributed by atoms with Crippen LogP contribution in [0.5, 0.6) is 0 Å². The number of nitrogens with one attached hydrogen (secondary N) is 1. The lowest BCUT2D eigenvalue weighted by molar-refractivity contribution is 0.162. The number of hydrogen-bond acceptors (Lipinski definition) is 5. The standard InChI is InChI=1S/C12H22N2O4S/c1-5-10(9-17-4)13-8-11-6-7-12(18-11)19(15,16)14(2)3/h6-7,10,13H,5,8-9H2,1-4H3. The van der Waals surface area contributed by atoms with Crippen molar-refractivity contribution in [1.82, 2.24) is 9.62 Å². The Kier molecular flexibility index (Phi) is 5.99. The normalized spacial score (nSPS) is 13.9. The number of sulfonamides is 1. The van der Waals surface area contributed by atoms with Crippen molar-refractivity contribution in [3.05, 3.63) is 17.9 Å². The van der Waals surface area contributed by atoms with Crippen molar-refractivity contribution in [2.45, 2.75) is 31.0 Å². The fourth-order valence-electron chi connectivity index (χ4n) is 1.54. The van der Waals surface area contributed by atoms with E-state index in [1.165, 1.54) is 20.2 Å². The molecule has 0 aliphatic carbocycles.